The van der Waals surface area contributed by atoms with Gasteiger partial charge in [-0.1, -0.05) is 6.07 Å². The summed E-state index contributed by atoms with van der Waals surface area (Å²) in [4.78, 5) is 39.4. The van der Waals surface area contributed by atoms with Crippen LogP contribution < -0.4 is 10.6 Å². The van der Waals surface area contributed by atoms with Crippen LogP contribution in [0.3, 0.4) is 0 Å². The Kier molecular flexibility index (Phi) is 5.26. The Bertz CT molecular complexity index is 823. The normalized spacial score (nSPS) is 18.9. The summed E-state index contributed by atoms with van der Waals surface area (Å²) in [5.74, 6) is -2.05. The summed E-state index contributed by atoms with van der Waals surface area (Å²) in [6.45, 7) is 0. The minimum atomic E-state index is -0.846. The number of carbonyl (C=O) groups is 3. The number of nitrogens with zero attached hydrogens (tertiary/aromatic N) is 1. The van der Waals surface area contributed by atoms with Crippen molar-refractivity contribution in [1.82, 2.24) is 4.98 Å². The summed E-state index contributed by atoms with van der Waals surface area (Å²) in [7, 11) is 0. The van der Waals surface area contributed by atoms with Gasteiger partial charge in [-0.3, -0.25) is 19.4 Å². The quantitative estimate of drug-likeness (QED) is 0.766. The first-order valence-electron chi connectivity index (χ1n) is 8.38. The number of amides is 2. The molecular formula is C19H19N3O4. The van der Waals surface area contributed by atoms with Crippen LogP contribution in [-0.2, 0) is 9.59 Å². The molecule has 3 N–H and O–H groups in total. The molecule has 2 amide bonds. The van der Waals surface area contributed by atoms with Gasteiger partial charge in [-0.05, 0) is 49.6 Å². The summed E-state index contributed by atoms with van der Waals surface area (Å²) < 4.78 is 0. The van der Waals surface area contributed by atoms with Gasteiger partial charge in [0.05, 0.1) is 5.92 Å². The van der Waals surface area contributed by atoms with Crippen LogP contribution in [0.5, 0.6) is 0 Å². The lowest BCUT2D eigenvalue weighted by atomic mass is 10.0. The maximum Gasteiger partial charge on any atom is 0.306 e. The van der Waals surface area contributed by atoms with Gasteiger partial charge >= 0.3 is 5.97 Å². The third-order valence-electron chi connectivity index (χ3n) is 4.48. The fraction of sp³-hybridized carbons (Fsp3) is 0.263. The van der Waals surface area contributed by atoms with E-state index in [9.17, 15) is 14.4 Å². The van der Waals surface area contributed by atoms with Gasteiger partial charge in [0, 0.05) is 35.2 Å². The van der Waals surface area contributed by atoms with Crippen LogP contribution in [0.4, 0.5) is 11.4 Å². The van der Waals surface area contributed by atoms with Crippen molar-refractivity contribution in [2.24, 2.45) is 11.8 Å². The van der Waals surface area contributed by atoms with Gasteiger partial charge < -0.3 is 15.7 Å². The summed E-state index contributed by atoms with van der Waals surface area (Å²) in [5, 5.41) is 14.6. The first kappa shape index (κ1) is 17.6. The molecule has 0 spiro atoms. The fourth-order valence-electron chi connectivity index (χ4n) is 3.07. The van der Waals surface area contributed by atoms with Crippen LogP contribution in [0.2, 0.25) is 0 Å². The second-order valence-corrected chi connectivity index (χ2v) is 6.31. The molecule has 0 bridgehead atoms. The first-order valence-corrected chi connectivity index (χ1v) is 8.38. The highest BCUT2D eigenvalue weighted by atomic mass is 16.4. The van der Waals surface area contributed by atoms with Crippen LogP contribution in [-0.4, -0.2) is 27.9 Å². The van der Waals surface area contributed by atoms with Crippen molar-refractivity contribution in [3.8, 4) is 0 Å². The van der Waals surface area contributed by atoms with E-state index in [4.69, 9.17) is 5.11 Å². The van der Waals surface area contributed by atoms with E-state index in [1.165, 1.54) is 12.4 Å². The molecule has 1 aliphatic carbocycles. The number of rotatable bonds is 5. The summed E-state index contributed by atoms with van der Waals surface area (Å²) in [6.07, 6.45) is 4.53. The van der Waals surface area contributed by atoms with Crippen molar-refractivity contribution in [1.29, 1.82) is 0 Å². The van der Waals surface area contributed by atoms with Crippen LogP contribution in [0.15, 0.2) is 48.8 Å². The van der Waals surface area contributed by atoms with E-state index < -0.39 is 11.9 Å². The Hall–Kier alpha value is -3.22. The number of pyridine rings is 1. The van der Waals surface area contributed by atoms with E-state index >= 15 is 0 Å². The Labute approximate surface area is 150 Å². The molecule has 134 valence electrons. The molecule has 2 aromatic rings. The standard InChI is InChI=1S/C19H19N3O4/c23-17(12-6-8-20-9-7-12)21-15-2-1-3-16(11-15)22-18(24)13-4-5-14(10-13)19(25)26/h1-3,6-9,11,13-14H,4-5,10H2,(H,21,23)(H,22,24)(H,25,26)/t13-,14+/m0/s1. The van der Waals surface area contributed by atoms with Gasteiger partial charge in [-0.2, -0.15) is 0 Å². The number of aliphatic carboxylic acids is 1. The number of hydrogen-bond acceptors (Lipinski definition) is 4. The molecule has 7 nitrogen and oxygen atoms in total. The zero-order valence-electron chi connectivity index (χ0n) is 14.0. The Morgan fingerprint density at radius 2 is 1.62 bits per heavy atom. The summed E-state index contributed by atoms with van der Waals surface area (Å²) >= 11 is 0. The molecule has 1 aromatic carbocycles. The van der Waals surface area contributed by atoms with Crippen molar-refractivity contribution >= 4 is 29.2 Å². The number of carboxylic acid groups (broad SMARTS) is 1. The highest BCUT2D eigenvalue weighted by Gasteiger charge is 2.33. The van der Waals surface area contributed by atoms with Gasteiger partial charge in [0.15, 0.2) is 0 Å². The van der Waals surface area contributed by atoms with Crippen LogP contribution in [0.1, 0.15) is 29.6 Å². The van der Waals surface area contributed by atoms with E-state index in [0.717, 1.165) is 0 Å². The topological polar surface area (TPSA) is 108 Å². The number of aromatic nitrogens is 1. The zero-order valence-corrected chi connectivity index (χ0v) is 14.0. The number of nitrogens with one attached hydrogen (secondary N) is 2. The Morgan fingerprint density at radius 3 is 2.27 bits per heavy atom. The van der Waals surface area contributed by atoms with Crippen LogP contribution in [0, 0.1) is 11.8 Å². The van der Waals surface area contributed by atoms with E-state index in [0.29, 0.717) is 36.2 Å². The molecule has 1 aliphatic rings. The number of carboxylic acids is 1. The molecule has 26 heavy (non-hydrogen) atoms. The van der Waals surface area contributed by atoms with Gasteiger partial charge in [-0.15, -0.1) is 0 Å². The number of carbonyl (C=O) groups excluding carboxylic acids is 2. The molecule has 3 rings (SSSR count). The Morgan fingerprint density at radius 1 is 0.962 bits per heavy atom. The predicted octanol–water partition coefficient (Wildman–Crippen LogP) is 2.77. The lowest BCUT2D eigenvalue weighted by molar-refractivity contribution is -0.141. The molecule has 1 aromatic heterocycles. The summed E-state index contributed by atoms with van der Waals surface area (Å²) in [5.41, 5.74) is 1.60. The third kappa shape index (κ3) is 4.24. The molecule has 0 aliphatic heterocycles. The molecule has 1 heterocycles. The van der Waals surface area contributed by atoms with E-state index in [-0.39, 0.29) is 17.7 Å². The second-order valence-electron chi connectivity index (χ2n) is 6.31. The minimum absolute atomic E-state index is 0.189. The van der Waals surface area contributed by atoms with Crippen molar-refractivity contribution in [2.45, 2.75) is 19.3 Å². The number of anilines is 2. The van der Waals surface area contributed by atoms with Gasteiger partial charge in [-0.25, -0.2) is 0 Å². The van der Waals surface area contributed by atoms with Gasteiger partial charge in [0.25, 0.3) is 5.91 Å². The Balaban J connectivity index is 1.62. The van der Waals surface area contributed by atoms with Crippen molar-refractivity contribution in [2.75, 3.05) is 10.6 Å². The lowest BCUT2D eigenvalue weighted by Gasteiger charge is -2.12. The van der Waals surface area contributed by atoms with Crippen LogP contribution >= 0.6 is 0 Å². The van der Waals surface area contributed by atoms with E-state index in [1.807, 2.05) is 0 Å². The molecule has 1 saturated carbocycles. The van der Waals surface area contributed by atoms with Crippen molar-refractivity contribution in [3.63, 3.8) is 0 Å². The molecule has 7 heteroatoms. The van der Waals surface area contributed by atoms with Crippen molar-refractivity contribution < 1.29 is 19.5 Å². The second kappa shape index (κ2) is 7.77. The minimum Gasteiger partial charge on any atom is -0.481 e. The average Bonchev–Trinajstić information content (AvgIpc) is 3.13. The first-order chi connectivity index (χ1) is 12.5. The molecular weight excluding hydrogens is 334 g/mol. The lowest BCUT2D eigenvalue weighted by Crippen LogP contribution is -2.21. The van der Waals surface area contributed by atoms with Crippen molar-refractivity contribution in [3.05, 3.63) is 54.4 Å². The highest BCUT2D eigenvalue weighted by Crippen LogP contribution is 2.32. The summed E-state index contributed by atoms with van der Waals surface area (Å²) in [6, 6.07) is 10.1. The van der Waals surface area contributed by atoms with Gasteiger partial charge in [0.1, 0.15) is 0 Å². The maximum absolute atomic E-state index is 12.3. The SMILES string of the molecule is O=C(Nc1cccc(NC(=O)[C@H]2CC[C@@H](C(=O)O)C2)c1)c1ccncc1. The highest BCUT2D eigenvalue weighted by molar-refractivity contribution is 6.04. The largest absolute Gasteiger partial charge is 0.481 e. The smallest absolute Gasteiger partial charge is 0.306 e. The molecule has 0 radical (unpaired) electrons. The molecule has 0 unspecified atom stereocenters. The van der Waals surface area contributed by atoms with Gasteiger partial charge in [0.2, 0.25) is 5.91 Å². The maximum atomic E-state index is 12.3. The third-order valence-corrected chi connectivity index (χ3v) is 4.48. The van der Waals surface area contributed by atoms with Crippen LogP contribution in [0.25, 0.3) is 0 Å². The fourth-order valence-corrected chi connectivity index (χ4v) is 3.07. The average molecular weight is 353 g/mol. The molecule has 2 atom stereocenters. The molecule has 0 saturated heterocycles. The zero-order chi connectivity index (χ0) is 18.5. The predicted molar refractivity (Wildman–Crippen MR) is 95.7 cm³/mol. The van der Waals surface area contributed by atoms with E-state index in [1.54, 1.807) is 36.4 Å². The number of hydrogen-bond donors (Lipinski definition) is 3. The number of benzene rings is 1. The molecule has 1 fully saturated rings. The monoisotopic (exact) mass is 353 g/mol. The van der Waals surface area contributed by atoms with E-state index in [2.05, 4.69) is 15.6 Å².